The molecule has 0 spiro atoms. The highest BCUT2D eigenvalue weighted by molar-refractivity contribution is 8.00. The predicted molar refractivity (Wildman–Crippen MR) is 194 cm³/mol. The van der Waals surface area contributed by atoms with Crippen LogP contribution in [-0.2, 0) is 38.1 Å². The Morgan fingerprint density at radius 1 is 0.788 bits per heavy atom. The monoisotopic (exact) mass is 791 g/mol. The van der Waals surface area contributed by atoms with Crippen molar-refractivity contribution in [2.24, 2.45) is 5.41 Å². The Kier molecular flexibility index (Phi) is 20.0. The summed E-state index contributed by atoms with van der Waals surface area (Å²) in [5, 5.41) is 14.5. The maximum atomic E-state index is 12.5. The van der Waals surface area contributed by atoms with Gasteiger partial charge in [-0.2, -0.15) is 0 Å². The van der Waals surface area contributed by atoms with Crippen LogP contribution in [0.1, 0.15) is 51.4 Å². The smallest absolute Gasteiger partial charge is 0.329 e. The lowest BCUT2D eigenvalue weighted by atomic mass is 9.89. The number of benzene rings is 1. The van der Waals surface area contributed by atoms with Gasteiger partial charge in [0.05, 0.1) is 67.3 Å². The molecule has 16 nitrogen and oxygen atoms in total. The molecule has 1 aromatic carbocycles. The number of amides is 2. The van der Waals surface area contributed by atoms with Crippen LogP contribution < -0.4 is 20.1 Å². The van der Waals surface area contributed by atoms with E-state index in [0.717, 1.165) is 11.9 Å². The normalized spacial score (nSPS) is 11.5. The van der Waals surface area contributed by atoms with E-state index >= 15 is 0 Å². The molecule has 0 unspecified atom stereocenters. The highest BCUT2D eigenvalue weighted by atomic mass is 35.5. The van der Waals surface area contributed by atoms with Gasteiger partial charge in [-0.25, -0.2) is 14.8 Å². The number of ether oxygens (including phenoxy) is 6. The van der Waals surface area contributed by atoms with Gasteiger partial charge in [0.25, 0.3) is 5.91 Å². The number of hydrogen-bond acceptors (Lipinski definition) is 14. The Morgan fingerprint density at radius 2 is 1.38 bits per heavy atom. The van der Waals surface area contributed by atoms with E-state index in [1.54, 1.807) is 26.0 Å². The lowest BCUT2D eigenvalue weighted by Gasteiger charge is -2.28. The third kappa shape index (κ3) is 18.9. The Hall–Kier alpha value is -3.45. The summed E-state index contributed by atoms with van der Waals surface area (Å²) < 4.78 is 35.0. The minimum Gasteiger partial charge on any atom is -0.492 e. The zero-order chi connectivity index (χ0) is 38.6. The first-order chi connectivity index (χ1) is 24.6. The molecule has 0 saturated heterocycles. The SMILES string of the molecule is CC(C)(C)OC(=O)C(C)(C)CCOc1cc(Cl)c(SNc2ncc(C(=O)NCCOCCOCC(=O)NCCOCCOCC(=O)O)cn2)cc1Cl. The lowest BCUT2D eigenvalue weighted by molar-refractivity contribution is -0.166. The highest BCUT2D eigenvalue weighted by Gasteiger charge is 2.32. The van der Waals surface area contributed by atoms with Gasteiger partial charge in [-0.15, -0.1) is 0 Å². The van der Waals surface area contributed by atoms with Crippen LogP contribution in [0, 0.1) is 5.41 Å². The molecular formula is C33H47Cl2N5O11S. The number of carboxylic acid groups (broad SMARTS) is 1. The predicted octanol–water partition coefficient (Wildman–Crippen LogP) is 4.04. The topological polar surface area (TPSA) is 206 Å². The molecule has 0 aliphatic rings. The Balaban J connectivity index is 1.60. The van der Waals surface area contributed by atoms with Crippen molar-refractivity contribution < 1.29 is 52.7 Å². The number of esters is 1. The summed E-state index contributed by atoms with van der Waals surface area (Å²) in [6.45, 7) is 10.5. The van der Waals surface area contributed by atoms with Crippen molar-refractivity contribution >= 4 is 64.9 Å². The van der Waals surface area contributed by atoms with Gasteiger partial charge in [-0.1, -0.05) is 23.2 Å². The third-order valence-corrected chi connectivity index (χ3v) is 7.95. The van der Waals surface area contributed by atoms with Crippen LogP contribution in [-0.4, -0.2) is 117 Å². The number of hydrogen-bond donors (Lipinski definition) is 4. The lowest BCUT2D eigenvalue weighted by Crippen LogP contribution is -2.34. The quantitative estimate of drug-likeness (QED) is 0.0636. The number of nitrogens with zero attached hydrogens (tertiary/aromatic N) is 2. The number of halogens is 2. The average Bonchev–Trinajstić information content (AvgIpc) is 3.07. The second-order valence-electron chi connectivity index (χ2n) is 12.5. The van der Waals surface area contributed by atoms with Crippen LogP contribution >= 0.6 is 35.1 Å². The molecule has 1 aromatic heterocycles. The summed E-state index contributed by atoms with van der Waals surface area (Å²) in [5.41, 5.74) is -1.08. The minimum atomic E-state index is -1.05. The van der Waals surface area contributed by atoms with Crippen molar-refractivity contribution in [3.63, 3.8) is 0 Å². The highest BCUT2D eigenvalue weighted by Crippen LogP contribution is 2.37. The van der Waals surface area contributed by atoms with Gasteiger partial charge >= 0.3 is 11.9 Å². The Labute approximate surface area is 317 Å². The largest absolute Gasteiger partial charge is 0.492 e. The van der Waals surface area contributed by atoms with E-state index in [-0.39, 0.29) is 102 Å². The summed E-state index contributed by atoms with van der Waals surface area (Å²) in [6.07, 6.45) is 3.15. The molecule has 19 heteroatoms. The van der Waals surface area contributed by atoms with E-state index in [2.05, 4.69) is 25.3 Å². The zero-order valence-electron chi connectivity index (χ0n) is 29.9. The molecule has 0 fully saturated rings. The fourth-order valence-corrected chi connectivity index (χ4v) is 4.84. The number of nitrogens with one attached hydrogen (secondary N) is 3. The first kappa shape index (κ1) is 44.7. The van der Waals surface area contributed by atoms with E-state index in [4.69, 9.17) is 56.7 Å². The van der Waals surface area contributed by atoms with Crippen LogP contribution in [0.25, 0.3) is 0 Å². The van der Waals surface area contributed by atoms with Crippen LogP contribution in [0.2, 0.25) is 10.0 Å². The number of aromatic nitrogens is 2. The molecule has 0 aliphatic heterocycles. The number of anilines is 1. The van der Waals surface area contributed by atoms with Gasteiger partial charge in [0.2, 0.25) is 11.9 Å². The van der Waals surface area contributed by atoms with Crippen molar-refractivity contribution in [2.75, 3.05) is 77.3 Å². The van der Waals surface area contributed by atoms with Gasteiger partial charge < -0.3 is 44.2 Å². The molecule has 290 valence electrons. The van der Waals surface area contributed by atoms with E-state index < -0.39 is 17.0 Å². The molecule has 0 atom stereocenters. The average molecular weight is 793 g/mol. The molecule has 2 amide bonds. The second kappa shape index (κ2) is 23.3. The zero-order valence-corrected chi connectivity index (χ0v) is 32.2. The first-order valence-corrected chi connectivity index (χ1v) is 17.8. The summed E-state index contributed by atoms with van der Waals surface area (Å²) in [6, 6.07) is 3.23. The first-order valence-electron chi connectivity index (χ1n) is 16.3. The van der Waals surface area contributed by atoms with Crippen LogP contribution in [0.3, 0.4) is 0 Å². The molecule has 2 rings (SSSR count). The fourth-order valence-electron chi connectivity index (χ4n) is 3.65. The van der Waals surface area contributed by atoms with Crippen molar-refractivity contribution in [2.45, 2.75) is 51.5 Å². The van der Waals surface area contributed by atoms with Gasteiger partial charge in [0, 0.05) is 36.4 Å². The van der Waals surface area contributed by atoms with Crippen molar-refractivity contribution in [1.82, 2.24) is 20.6 Å². The van der Waals surface area contributed by atoms with Gasteiger partial charge in [0.15, 0.2) is 0 Å². The molecular weight excluding hydrogens is 745 g/mol. The summed E-state index contributed by atoms with van der Waals surface area (Å²) in [4.78, 5) is 55.9. The van der Waals surface area contributed by atoms with E-state index in [9.17, 15) is 19.2 Å². The second-order valence-corrected chi connectivity index (χ2v) is 14.2. The van der Waals surface area contributed by atoms with Gasteiger partial charge in [0.1, 0.15) is 24.6 Å². The molecule has 0 bridgehead atoms. The summed E-state index contributed by atoms with van der Waals surface area (Å²) in [7, 11) is 0. The van der Waals surface area contributed by atoms with E-state index in [1.807, 2.05) is 20.8 Å². The summed E-state index contributed by atoms with van der Waals surface area (Å²) in [5.74, 6) is -1.44. The molecule has 0 aliphatic carbocycles. The van der Waals surface area contributed by atoms with Crippen LogP contribution in [0.4, 0.5) is 5.95 Å². The van der Waals surface area contributed by atoms with E-state index in [1.165, 1.54) is 12.4 Å². The molecule has 1 heterocycles. The number of carbonyl (C=O) groups is 4. The van der Waals surface area contributed by atoms with Crippen LogP contribution in [0.5, 0.6) is 5.75 Å². The van der Waals surface area contributed by atoms with Gasteiger partial charge in [-0.3, -0.25) is 19.1 Å². The number of carbonyl (C=O) groups excluding carboxylic acids is 3. The van der Waals surface area contributed by atoms with Crippen molar-refractivity contribution in [3.05, 3.63) is 40.1 Å². The minimum absolute atomic E-state index is 0.147. The Morgan fingerprint density at radius 3 is 2.00 bits per heavy atom. The number of carboxylic acids is 1. The standard InChI is InChI=1S/C33H47Cl2N5O11S/c1-32(2,3)51-30(45)33(4,5)6-9-50-25-16-24(35)26(17-23(25)34)52-40-31-38-18-22(19-39-31)29(44)37-8-11-47-12-14-48-20-27(41)36-7-10-46-13-15-49-21-28(42)43/h16-19H,6-15,20-21H2,1-5H3,(H,36,41)(H,37,44)(H,42,43)(H,38,39,40). The third-order valence-electron chi connectivity index (χ3n) is 6.39. The molecule has 2 aromatic rings. The molecule has 0 saturated carbocycles. The van der Waals surface area contributed by atoms with Crippen LogP contribution in [0.15, 0.2) is 29.4 Å². The maximum Gasteiger partial charge on any atom is 0.329 e. The van der Waals surface area contributed by atoms with Crippen molar-refractivity contribution in [1.29, 1.82) is 0 Å². The molecule has 52 heavy (non-hydrogen) atoms. The Bertz CT molecular complexity index is 1450. The van der Waals surface area contributed by atoms with Crippen molar-refractivity contribution in [3.8, 4) is 5.75 Å². The molecule has 0 radical (unpaired) electrons. The molecule has 4 N–H and O–H groups in total. The number of rotatable bonds is 25. The summed E-state index contributed by atoms with van der Waals surface area (Å²) >= 11 is 14.0. The van der Waals surface area contributed by atoms with E-state index in [0.29, 0.717) is 27.1 Å². The number of aliphatic carboxylic acids is 1. The maximum absolute atomic E-state index is 12.5. The van der Waals surface area contributed by atoms with Gasteiger partial charge in [-0.05, 0) is 59.1 Å². The fraction of sp³-hybridized carbons (Fsp3) is 0.576.